The minimum atomic E-state index is -0.700. The highest BCUT2D eigenvalue weighted by Crippen LogP contribution is 2.28. The Kier molecular flexibility index (Phi) is 7.97. The Morgan fingerprint density at radius 3 is 2.62 bits per heavy atom. The van der Waals surface area contributed by atoms with E-state index >= 15 is 0 Å². The minimum absolute atomic E-state index is 0. The van der Waals surface area contributed by atoms with E-state index in [1.54, 1.807) is 24.3 Å². The molecule has 0 spiro atoms. The molecule has 1 unspecified atom stereocenters. The summed E-state index contributed by atoms with van der Waals surface area (Å²) >= 11 is 5.88. The van der Waals surface area contributed by atoms with Crippen LogP contribution >= 0.6 is 35.6 Å². The van der Waals surface area contributed by atoms with E-state index in [-0.39, 0.29) is 36.4 Å². The fourth-order valence-corrected chi connectivity index (χ4v) is 3.15. The van der Waals surface area contributed by atoms with Crippen LogP contribution in [-0.2, 0) is 4.79 Å². The first-order valence-electron chi connectivity index (χ1n) is 8.84. The van der Waals surface area contributed by atoms with Gasteiger partial charge in [0.05, 0.1) is 19.2 Å². The third-order valence-electron chi connectivity index (χ3n) is 4.55. The smallest absolute Gasteiger partial charge is 0.242 e. The molecule has 1 aromatic carbocycles. The number of rotatable bonds is 5. The molecule has 1 amide bonds. The van der Waals surface area contributed by atoms with Gasteiger partial charge in [-0.1, -0.05) is 23.7 Å². The lowest BCUT2D eigenvalue weighted by Gasteiger charge is -2.36. The Morgan fingerprint density at radius 1 is 1.35 bits per heavy atom. The molecule has 1 aromatic rings. The van der Waals surface area contributed by atoms with Gasteiger partial charge in [-0.3, -0.25) is 9.79 Å². The van der Waals surface area contributed by atoms with Gasteiger partial charge in [0.25, 0.3) is 0 Å². The molecule has 6 nitrogen and oxygen atoms in total. The number of nitrogens with zero attached hydrogens (tertiary/aromatic N) is 3. The van der Waals surface area contributed by atoms with E-state index < -0.39 is 6.10 Å². The van der Waals surface area contributed by atoms with Gasteiger partial charge in [-0.2, -0.15) is 0 Å². The van der Waals surface area contributed by atoms with Gasteiger partial charge >= 0.3 is 0 Å². The van der Waals surface area contributed by atoms with Crippen molar-refractivity contribution < 1.29 is 9.90 Å². The number of aliphatic hydroxyl groups is 1. The molecule has 1 aliphatic heterocycles. The van der Waals surface area contributed by atoms with Crippen LogP contribution in [0.2, 0.25) is 5.02 Å². The summed E-state index contributed by atoms with van der Waals surface area (Å²) in [5.41, 5.74) is 0.777. The number of benzene rings is 1. The second-order valence-electron chi connectivity index (χ2n) is 6.50. The van der Waals surface area contributed by atoms with Crippen molar-refractivity contribution in [3.63, 3.8) is 0 Å². The van der Waals surface area contributed by atoms with Gasteiger partial charge in [-0.25, -0.2) is 0 Å². The zero-order chi connectivity index (χ0) is 17.8. The average Bonchev–Trinajstić information content (AvgIpc) is 3.43. The van der Waals surface area contributed by atoms with Gasteiger partial charge in [0.15, 0.2) is 5.96 Å². The van der Waals surface area contributed by atoms with Crippen LogP contribution in [0.5, 0.6) is 0 Å². The van der Waals surface area contributed by atoms with E-state index in [2.05, 4.69) is 10.3 Å². The summed E-state index contributed by atoms with van der Waals surface area (Å²) in [6, 6.07) is 7.57. The summed E-state index contributed by atoms with van der Waals surface area (Å²) < 4.78 is 0. The highest BCUT2D eigenvalue weighted by atomic mass is 127. The predicted octanol–water partition coefficient (Wildman–Crippen LogP) is 2.26. The van der Waals surface area contributed by atoms with Crippen LogP contribution in [0.25, 0.3) is 0 Å². The van der Waals surface area contributed by atoms with Gasteiger partial charge < -0.3 is 20.2 Å². The number of hydrogen-bond donors (Lipinski definition) is 2. The quantitative estimate of drug-likeness (QED) is 0.376. The number of nitrogens with one attached hydrogen (secondary N) is 1. The van der Waals surface area contributed by atoms with Gasteiger partial charge in [-0.15, -0.1) is 24.0 Å². The predicted molar refractivity (Wildman–Crippen MR) is 114 cm³/mol. The lowest BCUT2D eigenvalue weighted by Crippen LogP contribution is -2.55. The number of aliphatic hydroxyl groups excluding tert-OH is 1. The molecule has 1 saturated heterocycles. The third kappa shape index (κ3) is 5.47. The lowest BCUT2D eigenvalue weighted by atomic mass is 10.1. The Hall–Kier alpha value is -1.06. The molecule has 1 saturated carbocycles. The van der Waals surface area contributed by atoms with Crippen molar-refractivity contribution in [1.29, 1.82) is 0 Å². The van der Waals surface area contributed by atoms with Crippen molar-refractivity contribution in [2.45, 2.75) is 31.9 Å². The molecule has 2 fully saturated rings. The average molecular weight is 493 g/mol. The molecule has 1 aliphatic carbocycles. The SMILES string of the molecule is CCNC(=NCC(O)c1ccc(Cl)cc1)N1CCN(C2CC2)C(=O)C1.I. The summed E-state index contributed by atoms with van der Waals surface area (Å²) in [5, 5.41) is 14.2. The number of halogens is 2. The number of hydrogen-bond acceptors (Lipinski definition) is 3. The minimum Gasteiger partial charge on any atom is -0.386 e. The number of guanidine groups is 1. The topological polar surface area (TPSA) is 68.2 Å². The zero-order valence-electron chi connectivity index (χ0n) is 14.9. The summed E-state index contributed by atoms with van der Waals surface area (Å²) in [6.07, 6.45) is 1.56. The number of carbonyl (C=O) groups excluding carboxylic acids is 1. The Bertz CT molecular complexity index is 637. The van der Waals surface area contributed by atoms with E-state index in [0.29, 0.717) is 30.1 Å². The standard InChI is InChI=1S/C18H25ClN4O2.HI/c1-2-20-18(21-11-16(24)13-3-5-14(19)6-4-13)22-9-10-23(15-7-8-15)17(25)12-22;/h3-6,15-16,24H,2,7-12H2,1H3,(H,20,21);1H. The maximum atomic E-state index is 12.3. The molecule has 0 bridgehead atoms. The zero-order valence-corrected chi connectivity index (χ0v) is 18.0. The first kappa shape index (κ1) is 21.2. The normalized spacial score (nSPS) is 19.2. The number of piperazine rings is 1. The molecule has 26 heavy (non-hydrogen) atoms. The van der Waals surface area contributed by atoms with Crippen molar-refractivity contribution in [1.82, 2.24) is 15.1 Å². The second-order valence-corrected chi connectivity index (χ2v) is 6.94. The van der Waals surface area contributed by atoms with Gasteiger partial charge in [-0.05, 0) is 37.5 Å². The Labute approximate surface area is 176 Å². The monoisotopic (exact) mass is 492 g/mol. The van der Waals surface area contributed by atoms with Crippen LogP contribution in [0.4, 0.5) is 0 Å². The van der Waals surface area contributed by atoms with Gasteiger partial charge in [0.2, 0.25) is 5.91 Å². The molecule has 2 N–H and O–H groups in total. The maximum absolute atomic E-state index is 12.3. The highest BCUT2D eigenvalue weighted by molar-refractivity contribution is 14.0. The first-order valence-corrected chi connectivity index (χ1v) is 9.22. The summed E-state index contributed by atoms with van der Waals surface area (Å²) in [5.74, 6) is 0.844. The molecule has 144 valence electrons. The van der Waals surface area contributed by atoms with Crippen molar-refractivity contribution in [3.05, 3.63) is 34.9 Å². The van der Waals surface area contributed by atoms with Crippen LogP contribution in [0.3, 0.4) is 0 Å². The third-order valence-corrected chi connectivity index (χ3v) is 4.80. The van der Waals surface area contributed by atoms with Gasteiger partial charge in [0, 0.05) is 30.7 Å². The molecular weight excluding hydrogens is 467 g/mol. The van der Waals surface area contributed by atoms with E-state index in [0.717, 1.165) is 31.5 Å². The maximum Gasteiger partial charge on any atom is 0.242 e. The highest BCUT2D eigenvalue weighted by Gasteiger charge is 2.36. The molecule has 0 aromatic heterocycles. The number of amides is 1. The summed E-state index contributed by atoms with van der Waals surface area (Å²) in [6.45, 7) is 4.81. The molecule has 8 heteroatoms. The fraction of sp³-hybridized carbons (Fsp3) is 0.556. The molecule has 3 rings (SSSR count). The second kappa shape index (κ2) is 9.75. The number of aliphatic imine (C=N–C) groups is 1. The molecule has 1 heterocycles. The lowest BCUT2D eigenvalue weighted by molar-refractivity contribution is -0.135. The van der Waals surface area contributed by atoms with Crippen molar-refractivity contribution in [2.24, 2.45) is 4.99 Å². The van der Waals surface area contributed by atoms with Crippen LogP contribution < -0.4 is 5.32 Å². The summed E-state index contributed by atoms with van der Waals surface area (Å²) in [4.78, 5) is 20.8. The first-order chi connectivity index (χ1) is 12.1. The van der Waals surface area contributed by atoms with Crippen molar-refractivity contribution in [2.75, 3.05) is 32.7 Å². The van der Waals surface area contributed by atoms with E-state index in [1.165, 1.54) is 0 Å². The van der Waals surface area contributed by atoms with Crippen LogP contribution in [0, 0.1) is 0 Å². The van der Waals surface area contributed by atoms with Crippen LogP contribution in [0.15, 0.2) is 29.3 Å². The van der Waals surface area contributed by atoms with Crippen molar-refractivity contribution >= 4 is 47.4 Å². The molecule has 1 atom stereocenters. The van der Waals surface area contributed by atoms with E-state index in [9.17, 15) is 9.90 Å². The molecule has 2 aliphatic rings. The van der Waals surface area contributed by atoms with E-state index in [4.69, 9.17) is 11.6 Å². The largest absolute Gasteiger partial charge is 0.386 e. The van der Waals surface area contributed by atoms with Crippen LogP contribution in [0.1, 0.15) is 31.4 Å². The van der Waals surface area contributed by atoms with Crippen LogP contribution in [-0.4, -0.2) is 65.5 Å². The van der Waals surface area contributed by atoms with Crippen molar-refractivity contribution in [3.8, 4) is 0 Å². The Balaban J connectivity index is 0.00000243. The number of carbonyl (C=O) groups is 1. The van der Waals surface area contributed by atoms with E-state index in [1.807, 2.05) is 16.7 Å². The summed E-state index contributed by atoms with van der Waals surface area (Å²) in [7, 11) is 0. The molecular formula is C18H26ClIN4O2. The fourth-order valence-electron chi connectivity index (χ4n) is 3.03. The molecule has 0 radical (unpaired) electrons. The van der Waals surface area contributed by atoms with Gasteiger partial charge in [0.1, 0.15) is 0 Å². The Morgan fingerprint density at radius 2 is 2.04 bits per heavy atom.